The first-order valence-corrected chi connectivity index (χ1v) is 10.5. The van der Waals surface area contributed by atoms with Crippen molar-refractivity contribution >= 4 is 29.0 Å². The Morgan fingerprint density at radius 3 is 2.73 bits per heavy atom. The molecular formula is C22H18N4O3S. The molecule has 1 amide bonds. The molecule has 150 valence electrons. The van der Waals surface area contributed by atoms with E-state index < -0.39 is 0 Å². The van der Waals surface area contributed by atoms with Crippen LogP contribution < -0.4 is 14.8 Å². The van der Waals surface area contributed by atoms with Crippen molar-refractivity contribution in [2.75, 3.05) is 24.3 Å². The molecule has 2 aromatic carbocycles. The number of hydrogen-bond acceptors (Lipinski definition) is 6. The van der Waals surface area contributed by atoms with Crippen molar-refractivity contribution in [3.63, 3.8) is 0 Å². The zero-order valence-electron chi connectivity index (χ0n) is 15.9. The van der Waals surface area contributed by atoms with Crippen molar-refractivity contribution < 1.29 is 14.3 Å². The lowest BCUT2D eigenvalue weighted by Gasteiger charge is -2.18. The standard InChI is InChI=1S/C22H18N4O3S/c27-21(23-16-6-7-18-19(12-16)29-11-10-28-18)14-30-22-9-8-20-24-17(13-26(20)25-22)15-4-2-1-3-5-15/h1-9,12-13H,10-11,14H2,(H,23,27). The zero-order valence-corrected chi connectivity index (χ0v) is 16.8. The molecule has 0 saturated heterocycles. The molecule has 0 radical (unpaired) electrons. The minimum atomic E-state index is -0.116. The number of ether oxygens (including phenoxy) is 2. The van der Waals surface area contributed by atoms with E-state index in [4.69, 9.17) is 9.47 Å². The van der Waals surface area contributed by atoms with Gasteiger partial charge in [0.15, 0.2) is 17.1 Å². The van der Waals surface area contributed by atoms with Crippen LogP contribution in [0.15, 0.2) is 71.9 Å². The maximum atomic E-state index is 12.4. The van der Waals surface area contributed by atoms with E-state index in [1.54, 1.807) is 22.7 Å². The average Bonchev–Trinajstić information content (AvgIpc) is 3.22. The van der Waals surface area contributed by atoms with Crippen LogP contribution in [0.2, 0.25) is 0 Å². The molecule has 1 aliphatic heterocycles. The van der Waals surface area contributed by atoms with Crippen LogP contribution in [0, 0.1) is 0 Å². The first-order valence-electron chi connectivity index (χ1n) is 9.49. The third kappa shape index (κ3) is 3.95. The SMILES string of the molecule is O=C(CSc1ccc2nc(-c3ccccc3)cn2n1)Nc1ccc2c(c1)OCCO2. The number of thioether (sulfide) groups is 1. The monoisotopic (exact) mass is 418 g/mol. The minimum absolute atomic E-state index is 0.116. The third-order valence-electron chi connectivity index (χ3n) is 4.54. The molecule has 5 rings (SSSR count). The van der Waals surface area contributed by atoms with Crippen molar-refractivity contribution in [1.82, 2.24) is 14.6 Å². The Morgan fingerprint density at radius 1 is 1.03 bits per heavy atom. The predicted molar refractivity (Wildman–Crippen MR) is 115 cm³/mol. The molecule has 0 spiro atoms. The van der Waals surface area contributed by atoms with E-state index in [-0.39, 0.29) is 11.7 Å². The molecule has 4 aromatic rings. The van der Waals surface area contributed by atoms with Gasteiger partial charge in [0.1, 0.15) is 18.2 Å². The van der Waals surface area contributed by atoms with Gasteiger partial charge in [-0.2, -0.15) is 5.10 Å². The summed E-state index contributed by atoms with van der Waals surface area (Å²) in [5.74, 6) is 1.47. The molecule has 1 N–H and O–H groups in total. The lowest BCUT2D eigenvalue weighted by molar-refractivity contribution is -0.113. The summed E-state index contributed by atoms with van der Waals surface area (Å²) < 4.78 is 12.8. The van der Waals surface area contributed by atoms with E-state index in [2.05, 4.69) is 15.4 Å². The molecule has 0 bridgehead atoms. The molecule has 7 nitrogen and oxygen atoms in total. The van der Waals surface area contributed by atoms with Crippen LogP contribution in [0.5, 0.6) is 11.5 Å². The first kappa shape index (κ1) is 18.5. The van der Waals surface area contributed by atoms with Gasteiger partial charge in [0, 0.05) is 17.3 Å². The molecule has 3 heterocycles. The number of aromatic nitrogens is 3. The number of fused-ring (bicyclic) bond motifs is 2. The number of anilines is 1. The molecule has 0 saturated carbocycles. The number of nitrogens with one attached hydrogen (secondary N) is 1. The molecule has 0 atom stereocenters. The Balaban J connectivity index is 1.24. The van der Waals surface area contributed by atoms with E-state index in [9.17, 15) is 4.79 Å². The number of benzene rings is 2. The number of rotatable bonds is 5. The summed E-state index contributed by atoms with van der Waals surface area (Å²) in [7, 11) is 0. The average molecular weight is 418 g/mol. The number of imidazole rings is 1. The quantitative estimate of drug-likeness (QED) is 0.496. The lowest BCUT2D eigenvalue weighted by atomic mass is 10.2. The highest BCUT2D eigenvalue weighted by atomic mass is 32.2. The van der Waals surface area contributed by atoms with Gasteiger partial charge in [-0.15, -0.1) is 0 Å². The van der Waals surface area contributed by atoms with Crippen LogP contribution in [0.3, 0.4) is 0 Å². The van der Waals surface area contributed by atoms with Gasteiger partial charge in [0.2, 0.25) is 5.91 Å². The van der Waals surface area contributed by atoms with Gasteiger partial charge in [0.05, 0.1) is 17.6 Å². The summed E-state index contributed by atoms with van der Waals surface area (Å²) in [6, 6.07) is 19.1. The van der Waals surface area contributed by atoms with Gasteiger partial charge in [-0.1, -0.05) is 42.1 Å². The van der Waals surface area contributed by atoms with Gasteiger partial charge >= 0.3 is 0 Å². The van der Waals surface area contributed by atoms with Gasteiger partial charge < -0.3 is 14.8 Å². The van der Waals surface area contributed by atoms with Crippen molar-refractivity contribution in [2.24, 2.45) is 0 Å². The zero-order chi connectivity index (χ0) is 20.3. The topological polar surface area (TPSA) is 77.8 Å². The fourth-order valence-corrected chi connectivity index (χ4v) is 3.81. The van der Waals surface area contributed by atoms with Crippen LogP contribution in [0.4, 0.5) is 5.69 Å². The Morgan fingerprint density at radius 2 is 1.87 bits per heavy atom. The summed E-state index contributed by atoms with van der Waals surface area (Å²) in [6.07, 6.45) is 1.89. The number of carbonyl (C=O) groups is 1. The van der Waals surface area contributed by atoms with E-state index >= 15 is 0 Å². The van der Waals surface area contributed by atoms with Crippen molar-refractivity contribution in [3.8, 4) is 22.8 Å². The third-order valence-corrected chi connectivity index (χ3v) is 5.46. The molecule has 0 aliphatic carbocycles. The molecule has 1 aliphatic rings. The number of hydrogen-bond donors (Lipinski definition) is 1. The second-order valence-electron chi connectivity index (χ2n) is 6.66. The fourth-order valence-electron chi connectivity index (χ4n) is 3.15. The summed E-state index contributed by atoms with van der Waals surface area (Å²) >= 11 is 1.37. The van der Waals surface area contributed by atoms with Gasteiger partial charge in [-0.3, -0.25) is 4.79 Å². The van der Waals surface area contributed by atoms with E-state index in [0.717, 1.165) is 21.9 Å². The molecule has 2 aromatic heterocycles. The van der Waals surface area contributed by atoms with E-state index in [0.29, 0.717) is 30.4 Å². The smallest absolute Gasteiger partial charge is 0.234 e. The predicted octanol–water partition coefficient (Wildman–Crippen LogP) is 3.90. The summed E-state index contributed by atoms with van der Waals surface area (Å²) in [5.41, 5.74) is 3.34. The van der Waals surface area contributed by atoms with Gasteiger partial charge in [0.25, 0.3) is 0 Å². The Hall–Kier alpha value is -3.52. The van der Waals surface area contributed by atoms with Crippen LogP contribution in [0.1, 0.15) is 0 Å². The first-order chi connectivity index (χ1) is 14.7. The Labute approximate surface area is 177 Å². The molecule has 8 heteroatoms. The Kier molecular flexibility index (Phi) is 4.98. The molecule has 0 fully saturated rings. The molecular weight excluding hydrogens is 400 g/mol. The summed E-state index contributed by atoms with van der Waals surface area (Å²) in [4.78, 5) is 17.0. The van der Waals surface area contributed by atoms with Crippen LogP contribution >= 0.6 is 11.8 Å². The highest BCUT2D eigenvalue weighted by Crippen LogP contribution is 2.32. The van der Waals surface area contributed by atoms with Crippen LogP contribution in [0.25, 0.3) is 16.9 Å². The minimum Gasteiger partial charge on any atom is -0.486 e. The summed E-state index contributed by atoms with van der Waals surface area (Å²) in [6.45, 7) is 1.05. The van der Waals surface area contributed by atoms with Crippen LogP contribution in [-0.4, -0.2) is 39.5 Å². The number of carbonyl (C=O) groups excluding carboxylic acids is 1. The highest BCUT2D eigenvalue weighted by molar-refractivity contribution is 7.99. The molecule has 0 unspecified atom stereocenters. The Bertz CT molecular complexity index is 1210. The van der Waals surface area contributed by atoms with Crippen molar-refractivity contribution in [3.05, 3.63) is 66.9 Å². The maximum Gasteiger partial charge on any atom is 0.234 e. The second-order valence-corrected chi connectivity index (χ2v) is 7.66. The fraction of sp³-hybridized carbons (Fsp3) is 0.136. The van der Waals surface area contributed by atoms with E-state index in [1.807, 2.05) is 48.7 Å². The van der Waals surface area contributed by atoms with E-state index in [1.165, 1.54) is 11.8 Å². The second kappa shape index (κ2) is 8.08. The largest absolute Gasteiger partial charge is 0.486 e. The van der Waals surface area contributed by atoms with Gasteiger partial charge in [-0.25, -0.2) is 9.50 Å². The van der Waals surface area contributed by atoms with Crippen molar-refractivity contribution in [2.45, 2.75) is 5.03 Å². The summed E-state index contributed by atoms with van der Waals surface area (Å²) in [5, 5.41) is 8.19. The highest BCUT2D eigenvalue weighted by Gasteiger charge is 2.13. The lowest BCUT2D eigenvalue weighted by Crippen LogP contribution is -2.17. The normalized spacial score (nSPS) is 12.7. The van der Waals surface area contributed by atoms with Gasteiger partial charge in [-0.05, 0) is 24.3 Å². The number of amides is 1. The molecule has 30 heavy (non-hydrogen) atoms. The number of nitrogens with zero attached hydrogens (tertiary/aromatic N) is 3. The van der Waals surface area contributed by atoms with Crippen molar-refractivity contribution in [1.29, 1.82) is 0 Å². The maximum absolute atomic E-state index is 12.4. The van der Waals surface area contributed by atoms with Crippen LogP contribution in [-0.2, 0) is 4.79 Å².